The van der Waals surface area contributed by atoms with Crippen LogP contribution in [0.15, 0.2) is 30.3 Å². The largest absolute Gasteiger partial charge is 0.480 e. The Morgan fingerprint density at radius 2 is 1.81 bits per heavy atom. The van der Waals surface area contributed by atoms with Crippen LogP contribution < -0.4 is 5.32 Å². The smallest absolute Gasteiger partial charge is 0.408 e. The molecule has 1 atom stereocenters. The number of hydrogen-bond acceptors (Lipinski definition) is 5. The minimum atomic E-state index is -1.09. The lowest BCUT2D eigenvalue weighted by molar-refractivity contribution is -0.139. The van der Waals surface area contributed by atoms with Gasteiger partial charge in [0.25, 0.3) is 0 Å². The number of benzene rings is 1. The van der Waals surface area contributed by atoms with Crippen molar-refractivity contribution in [2.75, 3.05) is 20.6 Å². The fraction of sp³-hybridized carbons (Fsp3) is 0.526. The number of alkyl carbamates (subject to hydrolysis) is 1. The number of nitrogens with one attached hydrogen (secondary N) is 1. The topological polar surface area (TPSA) is 95.9 Å². The van der Waals surface area contributed by atoms with Crippen molar-refractivity contribution in [2.45, 2.75) is 44.8 Å². The summed E-state index contributed by atoms with van der Waals surface area (Å²) in [6.45, 7) is 0.513. The number of amides is 1. The van der Waals surface area contributed by atoms with Crippen molar-refractivity contribution >= 4 is 17.8 Å². The monoisotopic (exact) mass is 364 g/mol. The summed E-state index contributed by atoms with van der Waals surface area (Å²) in [6.07, 6.45) is 2.12. The van der Waals surface area contributed by atoms with Gasteiger partial charge >= 0.3 is 12.1 Å². The number of carboxylic acid groups (broad SMARTS) is 1. The number of ether oxygens (including phenoxy) is 1. The lowest BCUT2D eigenvalue weighted by Crippen LogP contribution is -2.41. The van der Waals surface area contributed by atoms with Crippen molar-refractivity contribution in [3.63, 3.8) is 0 Å². The second kappa shape index (κ2) is 12.0. The van der Waals surface area contributed by atoms with Crippen molar-refractivity contribution in [2.24, 2.45) is 0 Å². The number of unbranched alkanes of at least 4 members (excludes halogenated alkanes) is 2. The van der Waals surface area contributed by atoms with E-state index in [0.29, 0.717) is 25.8 Å². The molecular weight excluding hydrogens is 336 g/mol. The van der Waals surface area contributed by atoms with E-state index in [0.717, 1.165) is 18.4 Å². The number of ketones is 1. The number of carboxylic acids is 1. The highest BCUT2D eigenvalue weighted by Gasteiger charge is 2.20. The summed E-state index contributed by atoms with van der Waals surface area (Å²) >= 11 is 0. The Labute approximate surface area is 154 Å². The minimum absolute atomic E-state index is 0.0903. The highest BCUT2D eigenvalue weighted by atomic mass is 16.5. The predicted octanol–water partition coefficient (Wildman–Crippen LogP) is 2.45. The number of carbonyl (C=O) groups excluding carboxylic acids is 2. The first-order chi connectivity index (χ1) is 12.4. The maximum absolute atomic E-state index is 11.8. The molecule has 0 radical (unpaired) electrons. The average Bonchev–Trinajstić information content (AvgIpc) is 2.58. The van der Waals surface area contributed by atoms with E-state index in [1.165, 1.54) is 0 Å². The number of carbonyl (C=O) groups is 3. The molecule has 0 aliphatic rings. The molecule has 1 aromatic carbocycles. The Bertz CT molecular complexity index is 575. The van der Waals surface area contributed by atoms with Crippen LogP contribution in [0.5, 0.6) is 0 Å². The van der Waals surface area contributed by atoms with Gasteiger partial charge in [-0.1, -0.05) is 43.2 Å². The van der Waals surface area contributed by atoms with Crippen LogP contribution in [0.4, 0.5) is 4.79 Å². The Morgan fingerprint density at radius 1 is 1.12 bits per heavy atom. The molecule has 0 unspecified atom stereocenters. The van der Waals surface area contributed by atoms with Gasteiger partial charge in [-0.25, -0.2) is 9.59 Å². The second-order valence-electron chi connectivity index (χ2n) is 6.47. The van der Waals surface area contributed by atoms with Crippen molar-refractivity contribution in [3.05, 3.63) is 35.9 Å². The molecule has 0 fully saturated rings. The van der Waals surface area contributed by atoms with Gasteiger partial charge in [0.1, 0.15) is 18.4 Å². The normalized spacial score (nSPS) is 11.8. The minimum Gasteiger partial charge on any atom is -0.480 e. The molecule has 7 heteroatoms. The van der Waals surface area contributed by atoms with Crippen molar-refractivity contribution in [1.29, 1.82) is 0 Å². The van der Waals surface area contributed by atoms with E-state index in [1.54, 1.807) is 0 Å². The molecule has 0 saturated carbocycles. The summed E-state index contributed by atoms with van der Waals surface area (Å²) in [6, 6.07) is 8.17. The molecule has 1 amide bonds. The first kappa shape index (κ1) is 21.6. The van der Waals surface area contributed by atoms with Gasteiger partial charge in [-0.2, -0.15) is 0 Å². The van der Waals surface area contributed by atoms with Crippen LogP contribution in [-0.2, 0) is 20.9 Å². The van der Waals surface area contributed by atoms with Crippen LogP contribution in [0, 0.1) is 0 Å². The quantitative estimate of drug-likeness (QED) is 0.553. The van der Waals surface area contributed by atoms with Gasteiger partial charge in [0.05, 0.1) is 6.54 Å². The summed E-state index contributed by atoms with van der Waals surface area (Å²) in [5.74, 6) is -0.919. The molecule has 144 valence electrons. The average molecular weight is 364 g/mol. The second-order valence-corrected chi connectivity index (χ2v) is 6.47. The van der Waals surface area contributed by atoms with Gasteiger partial charge in [-0.3, -0.25) is 4.79 Å². The fourth-order valence-corrected chi connectivity index (χ4v) is 2.44. The molecule has 0 heterocycles. The third-order valence-corrected chi connectivity index (χ3v) is 3.74. The van der Waals surface area contributed by atoms with E-state index in [2.05, 4.69) is 5.32 Å². The van der Waals surface area contributed by atoms with Gasteiger partial charge < -0.3 is 20.1 Å². The number of rotatable bonds is 12. The number of Topliss-reactive ketones (excluding diaryl/α,β-unsaturated/α-hetero) is 1. The molecule has 0 aliphatic heterocycles. The highest BCUT2D eigenvalue weighted by molar-refractivity contribution is 5.80. The molecule has 7 nitrogen and oxygen atoms in total. The van der Waals surface area contributed by atoms with E-state index < -0.39 is 18.1 Å². The van der Waals surface area contributed by atoms with E-state index in [-0.39, 0.29) is 12.4 Å². The van der Waals surface area contributed by atoms with Crippen LogP contribution in [0.2, 0.25) is 0 Å². The molecule has 1 aromatic rings. The van der Waals surface area contributed by atoms with E-state index in [1.807, 2.05) is 49.3 Å². The van der Waals surface area contributed by atoms with E-state index in [4.69, 9.17) is 4.74 Å². The SMILES string of the molecule is CN(C)CC(=O)CCCCC[C@H](NC(=O)OCc1ccccc1)C(=O)O. The standard InChI is InChI=1S/C19H28N2O5/c1-21(2)13-16(22)11-7-4-8-12-17(18(23)24)20-19(25)26-14-15-9-5-3-6-10-15/h3,5-6,9-10,17H,4,7-8,11-14H2,1-2H3,(H,20,25)(H,23,24)/t17-/m0/s1. The Hall–Kier alpha value is -2.41. The van der Waals surface area contributed by atoms with Gasteiger partial charge in [0.15, 0.2) is 0 Å². The molecule has 26 heavy (non-hydrogen) atoms. The summed E-state index contributed by atoms with van der Waals surface area (Å²) in [7, 11) is 3.69. The molecule has 0 aromatic heterocycles. The van der Waals surface area contributed by atoms with Crippen molar-refractivity contribution in [3.8, 4) is 0 Å². The Balaban J connectivity index is 2.25. The lowest BCUT2D eigenvalue weighted by Gasteiger charge is -2.14. The van der Waals surface area contributed by atoms with Crippen LogP contribution in [0.3, 0.4) is 0 Å². The fourth-order valence-electron chi connectivity index (χ4n) is 2.44. The maximum Gasteiger partial charge on any atom is 0.408 e. The van der Waals surface area contributed by atoms with Crippen molar-refractivity contribution in [1.82, 2.24) is 10.2 Å². The number of aliphatic carboxylic acids is 1. The zero-order valence-corrected chi connectivity index (χ0v) is 15.4. The Morgan fingerprint density at radius 3 is 2.42 bits per heavy atom. The van der Waals surface area contributed by atoms with Crippen LogP contribution in [0.25, 0.3) is 0 Å². The molecule has 0 spiro atoms. The maximum atomic E-state index is 11.8. The molecule has 1 rings (SSSR count). The Kier molecular flexibility index (Phi) is 10.0. The van der Waals surface area contributed by atoms with E-state index >= 15 is 0 Å². The molecule has 0 bridgehead atoms. The lowest BCUT2D eigenvalue weighted by atomic mass is 10.1. The van der Waals surface area contributed by atoms with Gasteiger partial charge in [0, 0.05) is 6.42 Å². The molecule has 0 aliphatic carbocycles. The van der Waals surface area contributed by atoms with Crippen LogP contribution in [-0.4, -0.2) is 54.5 Å². The van der Waals surface area contributed by atoms with Crippen LogP contribution >= 0.6 is 0 Å². The molecule has 2 N–H and O–H groups in total. The van der Waals surface area contributed by atoms with Crippen LogP contribution in [0.1, 0.15) is 37.7 Å². The van der Waals surface area contributed by atoms with E-state index in [9.17, 15) is 19.5 Å². The predicted molar refractivity (Wildman–Crippen MR) is 97.8 cm³/mol. The third-order valence-electron chi connectivity index (χ3n) is 3.74. The molecule has 0 saturated heterocycles. The first-order valence-corrected chi connectivity index (χ1v) is 8.75. The summed E-state index contributed by atoms with van der Waals surface area (Å²) in [5, 5.41) is 11.6. The first-order valence-electron chi connectivity index (χ1n) is 8.75. The summed E-state index contributed by atoms with van der Waals surface area (Å²) in [4.78, 5) is 36.4. The van der Waals surface area contributed by atoms with Gasteiger partial charge in [-0.15, -0.1) is 0 Å². The summed E-state index contributed by atoms with van der Waals surface area (Å²) < 4.78 is 5.04. The van der Waals surface area contributed by atoms with Gasteiger partial charge in [-0.05, 0) is 32.5 Å². The molecular formula is C19H28N2O5. The zero-order valence-electron chi connectivity index (χ0n) is 15.4. The summed E-state index contributed by atoms with van der Waals surface area (Å²) in [5.41, 5.74) is 0.830. The van der Waals surface area contributed by atoms with Gasteiger partial charge in [0.2, 0.25) is 0 Å². The van der Waals surface area contributed by atoms with Crippen molar-refractivity contribution < 1.29 is 24.2 Å². The zero-order chi connectivity index (χ0) is 19.4. The number of nitrogens with zero attached hydrogens (tertiary/aromatic N) is 1. The number of likely N-dealkylation sites (N-methyl/N-ethyl adjacent to an activating group) is 1. The number of hydrogen-bond donors (Lipinski definition) is 2. The highest BCUT2D eigenvalue weighted by Crippen LogP contribution is 2.08. The third kappa shape index (κ3) is 9.78.